The minimum atomic E-state index is -0.169. The molecule has 1 fully saturated rings. The summed E-state index contributed by atoms with van der Waals surface area (Å²) in [6, 6.07) is 0.284. The van der Waals surface area contributed by atoms with Crippen LogP contribution in [0.25, 0.3) is 0 Å². The predicted octanol–water partition coefficient (Wildman–Crippen LogP) is 2.63. The van der Waals surface area contributed by atoms with E-state index in [4.69, 9.17) is 0 Å². The van der Waals surface area contributed by atoms with Crippen molar-refractivity contribution < 1.29 is 5.11 Å². The molecule has 1 aromatic rings. The number of nitrogens with zero attached hydrogens (tertiary/aromatic N) is 2. The summed E-state index contributed by atoms with van der Waals surface area (Å²) in [4.78, 5) is 4.55. The van der Waals surface area contributed by atoms with E-state index in [1.807, 2.05) is 6.33 Å². The van der Waals surface area contributed by atoms with Gasteiger partial charge in [-0.25, -0.2) is 4.98 Å². The highest BCUT2D eigenvalue weighted by Gasteiger charge is 2.26. The summed E-state index contributed by atoms with van der Waals surface area (Å²) in [5, 5.41) is 10.3. The maximum atomic E-state index is 10.3. The van der Waals surface area contributed by atoms with Gasteiger partial charge >= 0.3 is 0 Å². The molecule has 1 N–H and O–H groups in total. The average molecular weight is 234 g/mol. The van der Waals surface area contributed by atoms with Crippen LogP contribution in [0.3, 0.4) is 0 Å². The summed E-state index contributed by atoms with van der Waals surface area (Å²) in [5.41, 5.74) is 2.69. The number of fused-ring (bicyclic) bond motifs is 1. The van der Waals surface area contributed by atoms with E-state index in [0.717, 1.165) is 25.7 Å². The van der Waals surface area contributed by atoms with Crippen LogP contribution in [0.2, 0.25) is 0 Å². The Bertz CT molecular complexity index is 386. The molecule has 0 radical (unpaired) electrons. The Morgan fingerprint density at radius 2 is 1.88 bits per heavy atom. The molecule has 2 aliphatic rings. The van der Waals surface area contributed by atoms with Crippen LogP contribution in [0.1, 0.15) is 62.4 Å². The van der Waals surface area contributed by atoms with E-state index in [0.29, 0.717) is 0 Å². The molecule has 0 aliphatic heterocycles. The molecule has 94 valence electrons. The van der Waals surface area contributed by atoms with E-state index in [2.05, 4.69) is 9.55 Å². The Kier molecular flexibility index (Phi) is 3.19. The first-order chi connectivity index (χ1) is 8.36. The lowest BCUT2D eigenvalue weighted by Gasteiger charge is -2.25. The molecular weight excluding hydrogens is 212 g/mol. The fourth-order valence-electron chi connectivity index (χ4n) is 3.37. The van der Waals surface area contributed by atoms with Crippen LogP contribution in [0, 0.1) is 0 Å². The molecule has 0 aromatic carbocycles. The SMILES string of the molecule is OC1CCCCCC1n1cnc2c1CCCC2. The lowest BCUT2D eigenvalue weighted by Crippen LogP contribution is -2.24. The molecule has 3 heteroatoms. The molecule has 0 spiro atoms. The molecule has 1 saturated carbocycles. The highest BCUT2D eigenvalue weighted by molar-refractivity contribution is 5.17. The Labute approximate surface area is 103 Å². The zero-order valence-electron chi connectivity index (χ0n) is 10.4. The predicted molar refractivity (Wildman–Crippen MR) is 67.0 cm³/mol. The molecule has 17 heavy (non-hydrogen) atoms. The largest absolute Gasteiger partial charge is 0.391 e. The number of aromatic nitrogens is 2. The number of aliphatic hydroxyl groups is 1. The van der Waals surface area contributed by atoms with Gasteiger partial charge in [0.1, 0.15) is 0 Å². The summed E-state index contributed by atoms with van der Waals surface area (Å²) in [7, 11) is 0. The quantitative estimate of drug-likeness (QED) is 0.759. The molecule has 3 rings (SSSR count). The molecule has 0 amide bonds. The Hall–Kier alpha value is -0.830. The lowest BCUT2D eigenvalue weighted by atomic mass is 9.99. The summed E-state index contributed by atoms with van der Waals surface area (Å²) in [6.45, 7) is 0. The monoisotopic (exact) mass is 234 g/mol. The van der Waals surface area contributed by atoms with Gasteiger partial charge in [0.2, 0.25) is 0 Å². The van der Waals surface area contributed by atoms with Crippen LogP contribution < -0.4 is 0 Å². The highest BCUT2D eigenvalue weighted by atomic mass is 16.3. The number of hydrogen-bond donors (Lipinski definition) is 1. The van der Waals surface area contributed by atoms with E-state index >= 15 is 0 Å². The van der Waals surface area contributed by atoms with E-state index in [1.54, 1.807) is 0 Å². The summed E-state index contributed by atoms with van der Waals surface area (Å²) in [5.74, 6) is 0. The van der Waals surface area contributed by atoms with Crippen LogP contribution in [-0.4, -0.2) is 20.8 Å². The molecular formula is C14H22N2O. The average Bonchev–Trinajstić information content (AvgIpc) is 2.66. The van der Waals surface area contributed by atoms with Gasteiger partial charge in [-0.1, -0.05) is 19.3 Å². The smallest absolute Gasteiger partial charge is 0.0955 e. The highest BCUT2D eigenvalue weighted by Crippen LogP contribution is 2.31. The van der Waals surface area contributed by atoms with Crippen LogP contribution in [-0.2, 0) is 12.8 Å². The van der Waals surface area contributed by atoms with E-state index < -0.39 is 0 Å². The molecule has 1 aromatic heterocycles. The van der Waals surface area contributed by atoms with Crippen molar-refractivity contribution in [3.05, 3.63) is 17.7 Å². The maximum absolute atomic E-state index is 10.3. The van der Waals surface area contributed by atoms with Crippen LogP contribution in [0.5, 0.6) is 0 Å². The molecule has 2 aliphatic carbocycles. The second-order valence-electron chi connectivity index (χ2n) is 5.53. The molecule has 2 unspecified atom stereocenters. The van der Waals surface area contributed by atoms with Crippen molar-refractivity contribution >= 4 is 0 Å². The minimum absolute atomic E-state index is 0.169. The van der Waals surface area contributed by atoms with Crippen molar-refractivity contribution in [1.29, 1.82) is 0 Å². The lowest BCUT2D eigenvalue weighted by molar-refractivity contribution is 0.104. The second kappa shape index (κ2) is 4.81. The summed E-state index contributed by atoms with van der Waals surface area (Å²) in [6.07, 6.45) is 12.4. The Morgan fingerprint density at radius 3 is 2.82 bits per heavy atom. The van der Waals surface area contributed by atoms with Gasteiger partial charge in [0.25, 0.3) is 0 Å². The normalized spacial score (nSPS) is 29.7. The molecule has 0 bridgehead atoms. The first kappa shape index (κ1) is 11.3. The number of aliphatic hydroxyl groups excluding tert-OH is 1. The van der Waals surface area contributed by atoms with Crippen LogP contribution >= 0.6 is 0 Å². The van der Waals surface area contributed by atoms with Crippen molar-refractivity contribution in [3.8, 4) is 0 Å². The second-order valence-corrected chi connectivity index (χ2v) is 5.53. The standard InChI is InChI=1S/C14H22N2O/c17-14-9-3-1-2-8-13(14)16-10-15-11-6-4-5-7-12(11)16/h10,13-14,17H,1-9H2. The number of imidazole rings is 1. The van der Waals surface area contributed by atoms with Gasteiger partial charge in [-0.3, -0.25) is 0 Å². The molecule has 1 heterocycles. The maximum Gasteiger partial charge on any atom is 0.0955 e. The van der Waals surface area contributed by atoms with E-state index in [-0.39, 0.29) is 12.1 Å². The summed E-state index contributed by atoms with van der Waals surface area (Å²) < 4.78 is 2.30. The van der Waals surface area contributed by atoms with E-state index in [1.165, 1.54) is 43.5 Å². The molecule has 2 atom stereocenters. The first-order valence-electron chi connectivity index (χ1n) is 7.09. The molecule has 3 nitrogen and oxygen atoms in total. The zero-order valence-corrected chi connectivity index (χ0v) is 10.4. The Balaban J connectivity index is 1.89. The van der Waals surface area contributed by atoms with E-state index in [9.17, 15) is 5.11 Å². The van der Waals surface area contributed by atoms with Gasteiger partial charge in [0.15, 0.2) is 0 Å². The van der Waals surface area contributed by atoms with Crippen molar-refractivity contribution in [2.45, 2.75) is 69.9 Å². The van der Waals surface area contributed by atoms with Gasteiger partial charge < -0.3 is 9.67 Å². The third-order valence-electron chi connectivity index (χ3n) is 4.36. The molecule has 0 saturated heterocycles. The zero-order chi connectivity index (χ0) is 11.7. The third-order valence-corrected chi connectivity index (χ3v) is 4.36. The van der Waals surface area contributed by atoms with Gasteiger partial charge in [-0.05, 0) is 38.5 Å². The first-order valence-corrected chi connectivity index (χ1v) is 7.09. The minimum Gasteiger partial charge on any atom is -0.391 e. The van der Waals surface area contributed by atoms with Crippen molar-refractivity contribution in [2.75, 3.05) is 0 Å². The van der Waals surface area contributed by atoms with Gasteiger partial charge in [-0.2, -0.15) is 0 Å². The van der Waals surface area contributed by atoms with Gasteiger partial charge in [0.05, 0.1) is 24.2 Å². The fraction of sp³-hybridized carbons (Fsp3) is 0.786. The fourth-order valence-corrected chi connectivity index (χ4v) is 3.37. The number of rotatable bonds is 1. The van der Waals surface area contributed by atoms with Crippen molar-refractivity contribution in [3.63, 3.8) is 0 Å². The van der Waals surface area contributed by atoms with Crippen LogP contribution in [0.15, 0.2) is 6.33 Å². The van der Waals surface area contributed by atoms with Crippen LogP contribution in [0.4, 0.5) is 0 Å². The number of hydrogen-bond acceptors (Lipinski definition) is 2. The topological polar surface area (TPSA) is 38.0 Å². The Morgan fingerprint density at radius 1 is 1.06 bits per heavy atom. The number of aryl methyl sites for hydroxylation is 1. The van der Waals surface area contributed by atoms with Gasteiger partial charge in [0, 0.05) is 5.69 Å². The van der Waals surface area contributed by atoms with Gasteiger partial charge in [-0.15, -0.1) is 0 Å². The summed E-state index contributed by atoms with van der Waals surface area (Å²) >= 11 is 0. The van der Waals surface area contributed by atoms with Crippen molar-refractivity contribution in [1.82, 2.24) is 9.55 Å². The van der Waals surface area contributed by atoms with Crippen molar-refractivity contribution in [2.24, 2.45) is 0 Å². The third kappa shape index (κ3) is 2.13.